The molecule has 0 spiro atoms. The highest BCUT2D eigenvalue weighted by Crippen LogP contribution is 2.24. The first-order valence-corrected chi connectivity index (χ1v) is 8.14. The van der Waals surface area contributed by atoms with Gasteiger partial charge >= 0.3 is 0 Å². The van der Waals surface area contributed by atoms with Crippen LogP contribution >= 0.6 is 11.6 Å². The van der Waals surface area contributed by atoms with Crippen LogP contribution in [0.2, 0.25) is 5.02 Å². The van der Waals surface area contributed by atoms with Crippen molar-refractivity contribution >= 4 is 17.5 Å². The molecule has 7 nitrogen and oxygen atoms in total. The van der Waals surface area contributed by atoms with Crippen molar-refractivity contribution in [3.05, 3.63) is 59.4 Å². The minimum absolute atomic E-state index is 0.0995. The zero-order chi connectivity index (χ0) is 18.4. The molecule has 3 aromatic rings. The molecule has 0 radical (unpaired) electrons. The van der Waals surface area contributed by atoms with Gasteiger partial charge in [-0.3, -0.25) is 4.79 Å². The number of benzene rings is 2. The fraction of sp³-hybridized carbons (Fsp3) is 0.167. The molecule has 0 fully saturated rings. The van der Waals surface area contributed by atoms with E-state index in [0.29, 0.717) is 27.9 Å². The van der Waals surface area contributed by atoms with Gasteiger partial charge in [-0.2, -0.15) is 4.98 Å². The maximum Gasteiger partial charge on any atom is 0.258 e. The SMILES string of the molecule is COc1ccc(OCC(=O)NCc2nc(-c3ccccc3Cl)no2)cc1. The van der Waals surface area contributed by atoms with E-state index in [0.717, 1.165) is 0 Å². The van der Waals surface area contributed by atoms with Crippen LogP contribution in [0.25, 0.3) is 11.4 Å². The third-order valence-electron chi connectivity index (χ3n) is 3.45. The van der Waals surface area contributed by atoms with Gasteiger partial charge < -0.3 is 19.3 Å². The summed E-state index contributed by atoms with van der Waals surface area (Å²) >= 11 is 6.10. The standard InChI is InChI=1S/C18H16ClN3O4/c1-24-12-6-8-13(9-7-12)25-11-16(23)20-10-17-21-18(22-26-17)14-4-2-3-5-15(14)19/h2-9H,10-11H2,1H3,(H,20,23). The van der Waals surface area contributed by atoms with Crippen LogP contribution in [-0.2, 0) is 11.3 Å². The Morgan fingerprint density at radius 1 is 1.15 bits per heavy atom. The maximum absolute atomic E-state index is 11.9. The molecule has 1 aromatic heterocycles. The molecule has 0 saturated carbocycles. The number of methoxy groups -OCH3 is 1. The number of rotatable bonds is 7. The fourth-order valence-electron chi connectivity index (χ4n) is 2.12. The molecule has 2 aromatic carbocycles. The summed E-state index contributed by atoms with van der Waals surface area (Å²) in [5, 5.41) is 7.05. The van der Waals surface area contributed by atoms with Crippen LogP contribution < -0.4 is 14.8 Å². The summed E-state index contributed by atoms with van der Waals surface area (Å²) in [5.74, 6) is 1.62. The van der Waals surface area contributed by atoms with E-state index in [2.05, 4.69) is 15.5 Å². The lowest BCUT2D eigenvalue weighted by atomic mass is 10.2. The Labute approximate surface area is 154 Å². The second kappa shape index (κ2) is 8.35. The number of ether oxygens (including phenoxy) is 2. The maximum atomic E-state index is 11.9. The van der Waals surface area contributed by atoms with E-state index in [4.69, 9.17) is 25.6 Å². The summed E-state index contributed by atoms with van der Waals surface area (Å²) < 4.78 is 15.6. The Morgan fingerprint density at radius 3 is 2.62 bits per heavy atom. The first kappa shape index (κ1) is 17.8. The number of nitrogens with one attached hydrogen (secondary N) is 1. The predicted octanol–water partition coefficient (Wildman–Crippen LogP) is 3.09. The molecule has 0 aliphatic carbocycles. The van der Waals surface area contributed by atoms with Gasteiger partial charge in [0.2, 0.25) is 11.7 Å². The molecular formula is C18H16ClN3O4. The number of amides is 1. The predicted molar refractivity (Wildman–Crippen MR) is 95.1 cm³/mol. The number of aromatic nitrogens is 2. The van der Waals surface area contributed by atoms with Crippen LogP contribution in [0.3, 0.4) is 0 Å². The van der Waals surface area contributed by atoms with E-state index < -0.39 is 0 Å². The number of carbonyl (C=O) groups excluding carboxylic acids is 1. The van der Waals surface area contributed by atoms with Crippen LogP contribution in [0.15, 0.2) is 53.1 Å². The molecule has 1 N–H and O–H groups in total. The monoisotopic (exact) mass is 373 g/mol. The Kier molecular flexibility index (Phi) is 5.70. The Morgan fingerprint density at radius 2 is 1.88 bits per heavy atom. The lowest BCUT2D eigenvalue weighted by Gasteiger charge is -2.06. The van der Waals surface area contributed by atoms with Gasteiger partial charge in [0.25, 0.3) is 5.91 Å². The third kappa shape index (κ3) is 4.52. The van der Waals surface area contributed by atoms with Gasteiger partial charge in [-0.05, 0) is 36.4 Å². The van der Waals surface area contributed by atoms with Crippen molar-refractivity contribution in [2.24, 2.45) is 0 Å². The minimum Gasteiger partial charge on any atom is -0.497 e. The molecule has 134 valence electrons. The molecule has 26 heavy (non-hydrogen) atoms. The molecule has 0 saturated heterocycles. The molecule has 3 rings (SSSR count). The normalized spacial score (nSPS) is 10.4. The van der Waals surface area contributed by atoms with Crippen molar-refractivity contribution in [3.8, 4) is 22.9 Å². The average Bonchev–Trinajstić information content (AvgIpc) is 3.14. The van der Waals surface area contributed by atoms with E-state index in [9.17, 15) is 4.79 Å². The summed E-state index contributed by atoms with van der Waals surface area (Å²) in [6, 6.07) is 14.1. The van der Waals surface area contributed by atoms with Crippen molar-refractivity contribution in [3.63, 3.8) is 0 Å². The van der Waals surface area contributed by atoms with Gasteiger partial charge in [0.15, 0.2) is 6.61 Å². The average molecular weight is 374 g/mol. The Balaban J connectivity index is 1.49. The van der Waals surface area contributed by atoms with E-state index in [1.54, 1.807) is 43.5 Å². The molecule has 0 aliphatic rings. The highest BCUT2D eigenvalue weighted by Gasteiger charge is 2.12. The van der Waals surface area contributed by atoms with E-state index in [1.807, 2.05) is 12.1 Å². The highest BCUT2D eigenvalue weighted by molar-refractivity contribution is 6.33. The molecular weight excluding hydrogens is 358 g/mol. The summed E-state index contributed by atoms with van der Waals surface area (Å²) in [6.45, 7) is -0.0277. The lowest BCUT2D eigenvalue weighted by molar-refractivity contribution is -0.123. The van der Waals surface area contributed by atoms with Crippen molar-refractivity contribution in [1.82, 2.24) is 15.5 Å². The topological polar surface area (TPSA) is 86.5 Å². The van der Waals surface area contributed by atoms with E-state index >= 15 is 0 Å². The van der Waals surface area contributed by atoms with Crippen molar-refractivity contribution < 1.29 is 18.8 Å². The van der Waals surface area contributed by atoms with Gasteiger partial charge in [-0.1, -0.05) is 28.9 Å². The largest absolute Gasteiger partial charge is 0.497 e. The van der Waals surface area contributed by atoms with Crippen LogP contribution in [0.1, 0.15) is 5.89 Å². The van der Waals surface area contributed by atoms with Crippen LogP contribution in [0, 0.1) is 0 Å². The smallest absolute Gasteiger partial charge is 0.258 e. The molecule has 0 unspecified atom stereocenters. The molecule has 0 bridgehead atoms. The van der Waals surface area contributed by atoms with Crippen LogP contribution in [-0.4, -0.2) is 29.8 Å². The summed E-state index contributed by atoms with van der Waals surface area (Å²) in [4.78, 5) is 16.1. The zero-order valence-corrected chi connectivity index (χ0v) is 14.7. The Bertz CT molecular complexity index is 880. The van der Waals surface area contributed by atoms with Gasteiger partial charge in [0.05, 0.1) is 18.7 Å². The molecule has 1 amide bonds. The summed E-state index contributed by atoms with van der Waals surface area (Å²) in [7, 11) is 1.58. The van der Waals surface area contributed by atoms with Crippen LogP contribution in [0.5, 0.6) is 11.5 Å². The number of halogens is 1. The Hall–Kier alpha value is -3.06. The third-order valence-corrected chi connectivity index (χ3v) is 3.78. The van der Waals surface area contributed by atoms with Crippen molar-refractivity contribution in [2.45, 2.75) is 6.54 Å². The van der Waals surface area contributed by atoms with Gasteiger partial charge in [-0.25, -0.2) is 0 Å². The molecule has 0 aliphatic heterocycles. The van der Waals surface area contributed by atoms with Crippen molar-refractivity contribution in [2.75, 3.05) is 13.7 Å². The zero-order valence-electron chi connectivity index (χ0n) is 13.9. The number of hydrogen-bond acceptors (Lipinski definition) is 6. The van der Waals surface area contributed by atoms with Gasteiger partial charge in [0, 0.05) is 5.56 Å². The second-order valence-corrected chi connectivity index (χ2v) is 5.64. The van der Waals surface area contributed by atoms with Crippen molar-refractivity contribution in [1.29, 1.82) is 0 Å². The lowest BCUT2D eigenvalue weighted by Crippen LogP contribution is -2.28. The molecule has 8 heteroatoms. The van der Waals surface area contributed by atoms with E-state index in [-0.39, 0.29) is 24.9 Å². The first-order chi connectivity index (χ1) is 12.7. The second-order valence-electron chi connectivity index (χ2n) is 5.23. The van der Waals surface area contributed by atoms with E-state index in [1.165, 1.54) is 0 Å². The number of hydrogen-bond donors (Lipinski definition) is 1. The van der Waals surface area contributed by atoms with Crippen LogP contribution in [0.4, 0.5) is 0 Å². The fourth-order valence-corrected chi connectivity index (χ4v) is 2.34. The summed E-state index contributed by atoms with van der Waals surface area (Å²) in [5.41, 5.74) is 0.665. The molecule has 1 heterocycles. The van der Waals surface area contributed by atoms with Gasteiger partial charge in [0.1, 0.15) is 11.5 Å². The molecule has 0 atom stereocenters. The first-order valence-electron chi connectivity index (χ1n) is 7.77. The minimum atomic E-state index is -0.307. The highest BCUT2D eigenvalue weighted by atomic mass is 35.5. The quantitative estimate of drug-likeness (QED) is 0.684. The van der Waals surface area contributed by atoms with Gasteiger partial charge in [-0.15, -0.1) is 0 Å². The summed E-state index contributed by atoms with van der Waals surface area (Å²) in [6.07, 6.45) is 0. The number of nitrogens with zero attached hydrogens (tertiary/aromatic N) is 2. The number of carbonyl (C=O) groups is 1.